The van der Waals surface area contributed by atoms with E-state index < -0.39 is 77.1 Å². The van der Waals surface area contributed by atoms with Gasteiger partial charge in [-0.25, -0.2) is 26.4 Å². The second-order valence-electron chi connectivity index (χ2n) is 14.5. The molecule has 6 N–H and O–H groups in total. The lowest BCUT2D eigenvalue weighted by Crippen LogP contribution is -2.17. The van der Waals surface area contributed by atoms with E-state index >= 15 is 0 Å². The molecule has 0 radical (unpaired) electrons. The van der Waals surface area contributed by atoms with E-state index in [-0.39, 0.29) is 68.0 Å². The summed E-state index contributed by atoms with van der Waals surface area (Å²) in [5.74, 6) is -4.01. The van der Waals surface area contributed by atoms with E-state index in [1.54, 1.807) is 0 Å². The zero-order valence-corrected chi connectivity index (χ0v) is 39.1. The lowest BCUT2D eigenvalue weighted by molar-refractivity contribution is -0.138. The van der Waals surface area contributed by atoms with Crippen LogP contribution in [0.1, 0.15) is 52.6 Å². The molecule has 26 heteroatoms. The number of hydrogen-bond acceptors (Lipinski definition) is 12. The van der Waals surface area contributed by atoms with Crippen molar-refractivity contribution in [1.29, 1.82) is 0 Å². The smallest absolute Gasteiger partial charge is 0.416 e. The van der Waals surface area contributed by atoms with Crippen LogP contribution < -0.4 is 39.0 Å². The number of hydrogen-bond donors (Lipinski definition) is 6. The van der Waals surface area contributed by atoms with Gasteiger partial charge in [0, 0.05) is 22.5 Å². The lowest BCUT2D eigenvalue weighted by Gasteiger charge is -2.17. The summed E-state index contributed by atoms with van der Waals surface area (Å²) < 4.78 is 155. The monoisotopic (exact) mass is 1050 g/mol. The van der Waals surface area contributed by atoms with E-state index in [1.165, 1.54) is 89.1 Å². The van der Waals surface area contributed by atoms with Crippen LogP contribution in [-0.4, -0.2) is 79.2 Å². The minimum absolute atomic E-state index is 0.00500. The summed E-state index contributed by atoms with van der Waals surface area (Å²) in [6, 6.07) is 21.6. The predicted octanol–water partition coefficient (Wildman–Crippen LogP) is 8.95. The summed E-state index contributed by atoms with van der Waals surface area (Å²) in [5, 5.41) is 23.0. The van der Waals surface area contributed by atoms with Gasteiger partial charge in [0.25, 0.3) is 31.9 Å². The van der Waals surface area contributed by atoms with Crippen LogP contribution >= 0.6 is 0 Å². The number of carboxylic acids is 2. The zero-order chi connectivity index (χ0) is 53.3. The molecule has 0 saturated carbocycles. The number of methoxy groups -OCH3 is 4. The fourth-order valence-corrected chi connectivity index (χ4v) is 8.43. The highest BCUT2D eigenvalue weighted by molar-refractivity contribution is 7.93. The molecule has 380 valence electrons. The van der Waals surface area contributed by atoms with E-state index in [0.29, 0.717) is 12.1 Å². The molecule has 0 aliphatic rings. The normalized spacial score (nSPS) is 11.5. The van der Waals surface area contributed by atoms with Crippen molar-refractivity contribution in [2.24, 2.45) is 0 Å². The van der Waals surface area contributed by atoms with E-state index in [9.17, 15) is 62.4 Å². The van der Waals surface area contributed by atoms with Crippen molar-refractivity contribution in [3.8, 4) is 23.0 Å². The molecule has 0 spiro atoms. The summed E-state index contributed by atoms with van der Waals surface area (Å²) in [6.45, 7) is 0. The Labute approximate surface area is 405 Å². The Kier molecular flexibility index (Phi) is 16.7. The lowest BCUT2D eigenvalue weighted by atomic mass is 10.1. The number of carbonyl (C=O) groups is 4. The van der Waals surface area contributed by atoms with Gasteiger partial charge in [-0.3, -0.25) is 19.0 Å². The maximum Gasteiger partial charge on any atom is 0.416 e. The standard InChI is InChI=1S/2C23H19F3N2O7S/c2*1-34-19-11-14(21(29)27-16-8-6-13(7-9-16)22(30)31)10-18(20(19)35-2)28-36(32,33)17-5-3-4-15(12-17)23(24,25)26/h2*3-12,28H,1-2H3,(H,27,29)(H,30,31). The number of carbonyl (C=O) groups excluding carboxylic acids is 2. The highest BCUT2D eigenvalue weighted by Crippen LogP contribution is 2.40. The Bertz CT molecular complexity index is 3030. The molecule has 0 fully saturated rings. The summed E-state index contributed by atoms with van der Waals surface area (Å²) in [7, 11) is -4.17. The van der Waals surface area contributed by atoms with Gasteiger partial charge >= 0.3 is 24.3 Å². The van der Waals surface area contributed by atoms with Crippen molar-refractivity contribution in [2.75, 3.05) is 48.5 Å². The first-order valence-corrected chi connectivity index (χ1v) is 22.9. The van der Waals surface area contributed by atoms with Crippen LogP contribution in [0.25, 0.3) is 0 Å². The molecule has 0 unspecified atom stereocenters. The molecular weight excluding hydrogens is 1010 g/mol. The van der Waals surface area contributed by atoms with Crippen molar-refractivity contribution in [1.82, 2.24) is 0 Å². The van der Waals surface area contributed by atoms with Crippen molar-refractivity contribution >= 4 is 66.5 Å². The molecule has 18 nitrogen and oxygen atoms in total. The second-order valence-corrected chi connectivity index (χ2v) is 17.8. The third-order valence-corrected chi connectivity index (χ3v) is 12.4. The first-order chi connectivity index (χ1) is 33.7. The Morgan fingerprint density at radius 1 is 0.458 bits per heavy atom. The molecule has 6 aromatic rings. The molecule has 0 aromatic heterocycles. The third-order valence-electron chi connectivity index (χ3n) is 9.69. The number of halogens is 6. The quantitative estimate of drug-likeness (QED) is 0.0495. The topological polar surface area (TPSA) is 262 Å². The van der Waals surface area contributed by atoms with Gasteiger partial charge in [-0.05, 0) is 109 Å². The number of nitrogens with one attached hydrogen (secondary N) is 4. The van der Waals surface area contributed by atoms with Crippen LogP contribution in [-0.2, 0) is 32.4 Å². The molecule has 0 aliphatic heterocycles. The van der Waals surface area contributed by atoms with Crippen LogP contribution in [0.4, 0.5) is 49.1 Å². The van der Waals surface area contributed by atoms with Gasteiger partial charge in [0.1, 0.15) is 0 Å². The average molecular weight is 1050 g/mol. The predicted molar refractivity (Wildman–Crippen MR) is 246 cm³/mol. The number of rotatable bonds is 16. The Hall–Kier alpha value is -8.52. The van der Waals surface area contributed by atoms with Crippen molar-refractivity contribution in [3.05, 3.63) is 155 Å². The average Bonchev–Trinajstić information content (AvgIpc) is 3.33. The summed E-state index contributed by atoms with van der Waals surface area (Å²) in [6.07, 6.45) is -9.51. The maximum atomic E-state index is 13.1. The van der Waals surface area contributed by atoms with E-state index in [1.807, 2.05) is 0 Å². The van der Waals surface area contributed by atoms with Crippen molar-refractivity contribution in [2.45, 2.75) is 22.1 Å². The maximum absolute atomic E-state index is 13.1. The number of amides is 2. The summed E-state index contributed by atoms with van der Waals surface area (Å²) >= 11 is 0. The minimum atomic E-state index is -4.76. The second kappa shape index (κ2) is 22.1. The van der Waals surface area contributed by atoms with Crippen LogP contribution in [0.15, 0.2) is 131 Å². The highest BCUT2D eigenvalue weighted by Gasteiger charge is 2.33. The van der Waals surface area contributed by atoms with Crippen LogP contribution in [0.3, 0.4) is 0 Å². The van der Waals surface area contributed by atoms with Gasteiger partial charge in [0.05, 0.1) is 71.9 Å². The molecule has 0 saturated heterocycles. The first-order valence-electron chi connectivity index (χ1n) is 19.9. The molecule has 0 bridgehead atoms. The van der Waals surface area contributed by atoms with Crippen molar-refractivity contribution in [3.63, 3.8) is 0 Å². The molecule has 72 heavy (non-hydrogen) atoms. The number of anilines is 4. The van der Waals surface area contributed by atoms with Gasteiger partial charge < -0.3 is 39.8 Å². The van der Waals surface area contributed by atoms with Crippen LogP contribution in [0.5, 0.6) is 23.0 Å². The van der Waals surface area contributed by atoms with E-state index in [2.05, 4.69) is 20.1 Å². The first kappa shape index (κ1) is 54.4. The van der Waals surface area contributed by atoms with Gasteiger partial charge in [0.15, 0.2) is 23.0 Å². The molecule has 0 atom stereocenters. The number of benzene rings is 6. The van der Waals surface area contributed by atoms with E-state index in [4.69, 9.17) is 29.2 Å². The molecule has 6 rings (SSSR count). The zero-order valence-electron chi connectivity index (χ0n) is 37.4. The summed E-state index contributed by atoms with van der Waals surface area (Å²) in [5.41, 5.74) is -2.49. The van der Waals surface area contributed by atoms with Crippen LogP contribution in [0.2, 0.25) is 0 Å². The molecule has 0 aliphatic carbocycles. The van der Waals surface area contributed by atoms with Gasteiger partial charge in [0.2, 0.25) is 0 Å². The van der Waals surface area contributed by atoms with Gasteiger partial charge in [-0.1, -0.05) is 12.1 Å². The number of carboxylic acid groups (broad SMARTS) is 2. The molecule has 0 heterocycles. The molecular formula is C46H38F6N4O14S2. The highest BCUT2D eigenvalue weighted by atomic mass is 32.2. The molecule has 2 amide bonds. The minimum Gasteiger partial charge on any atom is -0.493 e. The Balaban J connectivity index is 0.000000267. The van der Waals surface area contributed by atoms with Gasteiger partial charge in [-0.2, -0.15) is 26.3 Å². The Morgan fingerprint density at radius 3 is 1.07 bits per heavy atom. The molecule has 6 aromatic carbocycles. The SMILES string of the molecule is COc1cc(C(=O)Nc2ccc(C(=O)O)cc2)cc(NS(=O)(=O)c2cccc(C(F)(F)F)c2)c1OC.COc1cc(C(=O)Nc2ccc(C(=O)O)cc2)cc(NS(=O)(=O)c2cccc(C(F)(F)F)c2)c1OC. The van der Waals surface area contributed by atoms with Crippen LogP contribution in [0, 0.1) is 0 Å². The fourth-order valence-electron chi connectivity index (χ4n) is 6.23. The fraction of sp³-hybridized carbons (Fsp3) is 0.130. The third kappa shape index (κ3) is 13.4. The van der Waals surface area contributed by atoms with Gasteiger partial charge in [-0.15, -0.1) is 0 Å². The summed E-state index contributed by atoms with van der Waals surface area (Å²) in [4.78, 5) is 46.3. The Morgan fingerprint density at radius 2 is 0.792 bits per heavy atom. The number of aromatic carboxylic acids is 2. The number of ether oxygens (including phenoxy) is 4. The number of alkyl halides is 6. The van der Waals surface area contributed by atoms with Crippen molar-refractivity contribution < 1.29 is 91.5 Å². The van der Waals surface area contributed by atoms with E-state index in [0.717, 1.165) is 48.5 Å². The number of sulfonamides is 2. The largest absolute Gasteiger partial charge is 0.493 e.